The van der Waals surface area contributed by atoms with Crippen molar-refractivity contribution in [1.82, 2.24) is 19.8 Å². The first kappa shape index (κ1) is 13.7. The van der Waals surface area contributed by atoms with Gasteiger partial charge in [-0.15, -0.1) is 11.3 Å². The van der Waals surface area contributed by atoms with Crippen molar-refractivity contribution in [1.29, 1.82) is 0 Å². The second kappa shape index (κ2) is 5.63. The fourth-order valence-electron chi connectivity index (χ4n) is 2.79. The van der Waals surface area contributed by atoms with Gasteiger partial charge in [0.05, 0.1) is 11.9 Å². The smallest absolute Gasteiger partial charge is 0.146 e. The molecule has 0 bridgehead atoms. The van der Waals surface area contributed by atoms with E-state index in [2.05, 4.69) is 33.9 Å². The van der Waals surface area contributed by atoms with Crippen LogP contribution < -0.4 is 5.73 Å². The van der Waals surface area contributed by atoms with Crippen molar-refractivity contribution in [3.05, 3.63) is 17.3 Å². The van der Waals surface area contributed by atoms with Crippen molar-refractivity contribution in [3.8, 4) is 0 Å². The molecule has 3 heterocycles. The number of anilines is 1. The average molecular weight is 291 g/mol. The van der Waals surface area contributed by atoms with Crippen LogP contribution in [0.2, 0.25) is 0 Å². The van der Waals surface area contributed by atoms with Crippen molar-refractivity contribution < 1.29 is 0 Å². The van der Waals surface area contributed by atoms with Crippen LogP contribution in [0.15, 0.2) is 11.4 Å². The molecule has 5 nitrogen and oxygen atoms in total. The van der Waals surface area contributed by atoms with E-state index in [1.54, 1.807) is 11.3 Å². The quantitative estimate of drug-likeness (QED) is 0.934. The van der Waals surface area contributed by atoms with Gasteiger partial charge in [0.25, 0.3) is 0 Å². The van der Waals surface area contributed by atoms with Crippen LogP contribution in [0.3, 0.4) is 0 Å². The van der Waals surface area contributed by atoms with Crippen LogP contribution >= 0.6 is 11.3 Å². The van der Waals surface area contributed by atoms with Crippen LogP contribution in [0.4, 0.5) is 5.82 Å². The lowest BCUT2D eigenvalue weighted by Crippen LogP contribution is -2.41. The Morgan fingerprint density at radius 2 is 2.10 bits per heavy atom. The van der Waals surface area contributed by atoms with Crippen LogP contribution in [-0.2, 0) is 6.54 Å². The molecule has 1 aliphatic heterocycles. The molecule has 6 heteroatoms. The number of hydrogen-bond acceptors (Lipinski definition) is 6. The van der Waals surface area contributed by atoms with Crippen LogP contribution in [0.25, 0.3) is 10.2 Å². The van der Waals surface area contributed by atoms with E-state index in [1.807, 2.05) is 11.4 Å². The van der Waals surface area contributed by atoms with Crippen LogP contribution in [0, 0.1) is 0 Å². The molecule has 2 N–H and O–H groups in total. The SMILES string of the molecule is CN(C)C1CCN(Cc2nc(N)c3ccsc3n2)CC1. The molecule has 20 heavy (non-hydrogen) atoms. The van der Waals surface area contributed by atoms with Gasteiger partial charge in [0.1, 0.15) is 16.5 Å². The van der Waals surface area contributed by atoms with E-state index in [0.29, 0.717) is 11.9 Å². The first-order valence-corrected chi connectivity index (χ1v) is 7.90. The van der Waals surface area contributed by atoms with Gasteiger partial charge in [-0.1, -0.05) is 0 Å². The summed E-state index contributed by atoms with van der Waals surface area (Å²) in [6.07, 6.45) is 2.42. The first-order chi connectivity index (χ1) is 9.63. The molecule has 1 saturated heterocycles. The highest BCUT2D eigenvalue weighted by Gasteiger charge is 2.21. The summed E-state index contributed by atoms with van der Waals surface area (Å²) in [7, 11) is 4.32. The molecule has 0 spiro atoms. The second-order valence-electron chi connectivity index (χ2n) is 5.64. The predicted octanol–water partition coefficient (Wildman–Crippen LogP) is 1.80. The summed E-state index contributed by atoms with van der Waals surface area (Å²) >= 11 is 1.63. The molecule has 3 rings (SSSR count). The molecule has 2 aromatic heterocycles. The van der Waals surface area contributed by atoms with Crippen molar-refractivity contribution in [2.45, 2.75) is 25.4 Å². The Kier molecular flexibility index (Phi) is 3.87. The number of aromatic nitrogens is 2. The number of nitrogen functional groups attached to an aromatic ring is 1. The molecule has 0 amide bonds. The van der Waals surface area contributed by atoms with E-state index in [9.17, 15) is 0 Å². The maximum atomic E-state index is 6.00. The Labute approximate surface area is 123 Å². The van der Waals surface area contributed by atoms with Gasteiger partial charge in [-0.3, -0.25) is 4.90 Å². The monoisotopic (exact) mass is 291 g/mol. The highest BCUT2D eigenvalue weighted by Crippen LogP contribution is 2.23. The van der Waals surface area contributed by atoms with Gasteiger partial charge in [0, 0.05) is 19.1 Å². The number of nitrogens with zero attached hydrogens (tertiary/aromatic N) is 4. The molecule has 1 aliphatic rings. The van der Waals surface area contributed by atoms with Gasteiger partial charge >= 0.3 is 0 Å². The van der Waals surface area contributed by atoms with E-state index in [0.717, 1.165) is 35.7 Å². The maximum Gasteiger partial charge on any atom is 0.146 e. The molecular weight excluding hydrogens is 270 g/mol. The standard InChI is InChI=1S/C14H21N5S/c1-18(2)10-3-6-19(7-4-10)9-12-16-13(15)11-5-8-20-14(11)17-12/h5,8,10H,3-4,6-7,9H2,1-2H3,(H2,15,16,17). The number of rotatable bonds is 3. The first-order valence-electron chi connectivity index (χ1n) is 7.02. The lowest BCUT2D eigenvalue weighted by Gasteiger charge is -2.34. The molecule has 0 aromatic carbocycles. The molecule has 108 valence electrons. The van der Waals surface area contributed by atoms with E-state index in [1.165, 1.54) is 12.8 Å². The molecule has 0 unspecified atom stereocenters. The Balaban J connectivity index is 1.68. The Hall–Kier alpha value is -1.24. The summed E-state index contributed by atoms with van der Waals surface area (Å²) in [6, 6.07) is 2.69. The summed E-state index contributed by atoms with van der Waals surface area (Å²) in [5, 5.41) is 2.99. The van der Waals surface area contributed by atoms with Crippen LogP contribution in [-0.4, -0.2) is 53.0 Å². The Morgan fingerprint density at radius 1 is 1.35 bits per heavy atom. The van der Waals surface area contributed by atoms with E-state index >= 15 is 0 Å². The zero-order valence-electron chi connectivity index (χ0n) is 12.0. The highest BCUT2D eigenvalue weighted by molar-refractivity contribution is 7.16. The number of piperidine rings is 1. The number of hydrogen-bond donors (Lipinski definition) is 1. The van der Waals surface area contributed by atoms with Gasteiger partial charge in [0.15, 0.2) is 0 Å². The van der Waals surface area contributed by atoms with E-state index in [-0.39, 0.29) is 0 Å². The normalized spacial score (nSPS) is 18.1. The van der Waals surface area contributed by atoms with Gasteiger partial charge in [-0.05, 0) is 38.4 Å². The zero-order valence-corrected chi connectivity index (χ0v) is 12.9. The molecule has 0 radical (unpaired) electrons. The van der Waals surface area contributed by atoms with Gasteiger partial charge in [0.2, 0.25) is 0 Å². The number of fused-ring (bicyclic) bond motifs is 1. The summed E-state index contributed by atoms with van der Waals surface area (Å²) in [6.45, 7) is 3.02. The number of nitrogens with two attached hydrogens (primary N) is 1. The van der Waals surface area contributed by atoms with Crippen molar-refractivity contribution in [3.63, 3.8) is 0 Å². The molecule has 0 saturated carbocycles. The molecule has 2 aromatic rings. The maximum absolute atomic E-state index is 6.00. The fourth-order valence-corrected chi connectivity index (χ4v) is 3.58. The second-order valence-corrected chi connectivity index (χ2v) is 6.53. The lowest BCUT2D eigenvalue weighted by molar-refractivity contribution is 0.138. The summed E-state index contributed by atoms with van der Waals surface area (Å²) in [4.78, 5) is 14.8. The largest absolute Gasteiger partial charge is 0.383 e. The van der Waals surface area contributed by atoms with Crippen molar-refractivity contribution >= 4 is 27.4 Å². The van der Waals surface area contributed by atoms with Gasteiger partial charge < -0.3 is 10.6 Å². The fraction of sp³-hybridized carbons (Fsp3) is 0.571. The Bertz CT molecular complexity index is 586. The Morgan fingerprint density at radius 3 is 2.80 bits per heavy atom. The van der Waals surface area contributed by atoms with E-state index in [4.69, 9.17) is 5.73 Å². The summed E-state index contributed by atoms with van der Waals surface area (Å²) < 4.78 is 0. The van der Waals surface area contributed by atoms with Crippen molar-refractivity contribution in [2.24, 2.45) is 0 Å². The van der Waals surface area contributed by atoms with Crippen LogP contribution in [0.1, 0.15) is 18.7 Å². The molecular formula is C14H21N5S. The average Bonchev–Trinajstić information content (AvgIpc) is 2.88. The van der Waals surface area contributed by atoms with E-state index < -0.39 is 0 Å². The topological polar surface area (TPSA) is 58.3 Å². The van der Waals surface area contributed by atoms with Gasteiger partial charge in [-0.25, -0.2) is 9.97 Å². The third-order valence-electron chi connectivity index (χ3n) is 4.05. The van der Waals surface area contributed by atoms with Crippen molar-refractivity contribution in [2.75, 3.05) is 32.9 Å². The summed E-state index contributed by atoms with van der Waals surface area (Å²) in [5.41, 5.74) is 6.00. The number of likely N-dealkylation sites (tertiary alicyclic amines) is 1. The third-order valence-corrected chi connectivity index (χ3v) is 4.86. The minimum Gasteiger partial charge on any atom is -0.383 e. The predicted molar refractivity (Wildman–Crippen MR) is 83.8 cm³/mol. The molecule has 0 aliphatic carbocycles. The third kappa shape index (κ3) is 2.77. The summed E-state index contributed by atoms with van der Waals surface area (Å²) in [5.74, 6) is 1.45. The minimum atomic E-state index is 0.606. The minimum absolute atomic E-state index is 0.606. The molecule has 0 atom stereocenters. The van der Waals surface area contributed by atoms with Crippen LogP contribution in [0.5, 0.6) is 0 Å². The molecule has 1 fully saturated rings. The number of thiophene rings is 1. The highest BCUT2D eigenvalue weighted by atomic mass is 32.1. The van der Waals surface area contributed by atoms with Gasteiger partial charge in [-0.2, -0.15) is 0 Å². The lowest BCUT2D eigenvalue weighted by atomic mass is 10.0. The zero-order chi connectivity index (χ0) is 14.1.